The van der Waals surface area contributed by atoms with Crippen LogP contribution in [0.2, 0.25) is 0 Å². The number of rotatable bonds is 5. The third-order valence-corrected chi connectivity index (χ3v) is 3.23. The fourth-order valence-corrected chi connectivity index (χ4v) is 2.14. The molecule has 3 nitrogen and oxygen atoms in total. The summed E-state index contributed by atoms with van der Waals surface area (Å²) in [5.41, 5.74) is 10.9. The summed E-state index contributed by atoms with van der Waals surface area (Å²) >= 11 is 0. The van der Waals surface area contributed by atoms with Gasteiger partial charge in [-0.1, -0.05) is 35.9 Å². The molecule has 108 valence electrons. The third kappa shape index (κ3) is 3.72. The molecule has 2 N–H and O–H groups in total. The van der Waals surface area contributed by atoms with Crippen molar-refractivity contribution in [3.8, 4) is 0 Å². The standard InChI is InChI=1S/C18H21N3/c1-4-12-21(16-8-6-5-7-9-16)20-15(3)17-13-14(2)10-11-18(17)19/h4-11,13H,1,12,19H2,2-3H3/b20-15+. The highest BCUT2D eigenvalue weighted by molar-refractivity contribution is 6.03. The van der Waals surface area contributed by atoms with Gasteiger partial charge >= 0.3 is 0 Å². The lowest BCUT2D eigenvalue weighted by atomic mass is 10.1. The quantitative estimate of drug-likeness (QED) is 0.389. The fourth-order valence-electron chi connectivity index (χ4n) is 2.14. The number of anilines is 2. The Hall–Kier alpha value is -2.55. The van der Waals surface area contributed by atoms with Crippen molar-refractivity contribution < 1.29 is 0 Å². The molecule has 2 rings (SSSR count). The van der Waals surface area contributed by atoms with E-state index in [0.29, 0.717) is 6.54 Å². The van der Waals surface area contributed by atoms with Crippen molar-refractivity contribution in [2.24, 2.45) is 5.10 Å². The second-order valence-corrected chi connectivity index (χ2v) is 4.98. The van der Waals surface area contributed by atoms with E-state index in [9.17, 15) is 0 Å². The first-order valence-corrected chi connectivity index (χ1v) is 6.97. The molecule has 0 aliphatic rings. The molecule has 0 heterocycles. The topological polar surface area (TPSA) is 41.6 Å². The maximum Gasteiger partial charge on any atom is 0.0671 e. The molecule has 3 heteroatoms. The van der Waals surface area contributed by atoms with Crippen molar-refractivity contribution in [2.75, 3.05) is 17.3 Å². The van der Waals surface area contributed by atoms with E-state index in [1.807, 2.05) is 60.5 Å². The lowest BCUT2D eigenvalue weighted by Crippen LogP contribution is -2.18. The molecule has 0 aromatic heterocycles. The van der Waals surface area contributed by atoms with Crippen LogP contribution >= 0.6 is 0 Å². The second kappa shape index (κ2) is 6.75. The molecule has 0 radical (unpaired) electrons. The number of hydrogen-bond donors (Lipinski definition) is 1. The molecular weight excluding hydrogens is 258 g/mol. The molecule has 0 unspecified atom stereocenters. The van der Waals surface area contributed by atoms with Crippen molar-refractivity contribution in [1.29, 1.82) is 0 Å². The fraction of sp³-hybridized carbons (Fsp3) is 0.167. The van der Waals surface area contributed by atoms with Crippen molar-refractivity contribution in [3.63, 3.8) is 0 Å². The van der Waals surface area contributed by atoms with Crippen molar-refractivity contribution >= 4 is 17.1 Å². The second-order valence-electron chi connectivity index (χ2n) is 4.98. The van der Waals surface area contributed by atoms with Gasteiger partial charge in [0.25, 0.3) is 0 Å². The van der Waals surface area contributed by atoms with E-state index < -0.39 is 0 Å². The van der Waals surface area contributed by atoms with Gasteiger partial charge in [0.1, 0.15) is 0 Å². The van der Waals surface area contributed by atoms with Crippen LogP contribution in [0.1, 0.15) is 18.1 Å². The maximum absolute atomic E-state index is 6.06. The minimum Gasteiger partial charge on any atom is -0.398 e. The maximum atomic E-state index is 6.06. The smallest absolute Gasteiger partial charge is 0.0671 e. The van der Waals surface area contributed by atoms with Crippen LogP contribution in [-0.4, -0.2) is 12.3 Å². The molecule has 0 aliphatic carbocycles. The summed E-state index contributed by atoms with van der Waals surface area (Å²) in [7, 11) is 0. The number of nitrogen functional groups attached to an aromatic ring is 1. The largest absolute Gasteiger partial charge is 0.398 e. The molecule has 21 heavy (non-hydrogen) atoms. The molecule has 2 aromatic carbocycles. The van der Waals surface area contributed by atoms with E-state index in [-0.39, 0.29) is 0 Å². The van der Waals surface area contributed by atoms with Crippen molar-refractivity contribution in [2.45, 2.75) is 13.8 Å². The minimum absolute atomic E-state index is 0.646. The lowest BCUT2D eigenvalue weighted by Gasteiger charge is -2.19. The van der Waals surface area contributed by atoms with E-state index in [2.05, 4.69) is 19.6 Å². The van der Waals surface area contributed by atoms with Gasteiger partial charge in [0.2, 0.25) is 0 Å². The van der Waals surface area contributed by atoms with Crippen LogP contribution in [0.4, 0.5) is 11.4 Å². The van der Waals surface area contributed by atoms with Gasteiger partial charge in [0.15, 0.2) is 0 Å². The highest BCUT2D eigenvalue weighted by Crippen LogP contribution is 2.18. The molecule has 0 aliphatic heterocycles. The number of aryl methyl sites for hydroxylation is 1. The summed E-state index contributed by atoms with van der Waals surface area (Å²) < 4.78 is 0. The van der Waals surface area contributed by atoms with Crippen LogP contribution in [0.5, 0.6) is 0 Å². The van der Waals surface area contributed by atoms with E-state index >= 15 is 0 Å². The predicted molar refractivity (Wildman–Crippen MR) is 91.8 cm³/mol. The molecule has 2 aromatic rings. The molecule has 0 saturated carbocycles. The average molecular weight is 279 g/mol. The molecule has 0 atom stereocenters. The third-order valence-electron chi connectivity index (χ3n) is 3.23. The molecule has 0 amide bonds. The Kier molecular flexibility index (Phi) is 4.77. The van der Waals surface area contributed by atoms with E-state index in [1.165, 1.54) is 5.56 Å². The van der Waals surface area contributed by atoms with Crippen LogP contribution in [0.3, 0.4) is 0 Å². The summed E-state index contributed by atoms with van der Waals surface area (Å²) in [5.74, 6) is 0. The van der Waals surface area contributed by atoms with Crippen LogP contribution in [0.15, 0.2) is 66.3 Å². The summed E-state index contributed by atoms with van der Waals surface area (Å²) in [5, 5.41) is 6.63. The Morgan fingerprint density at radius 2 is 1.95 bits per heavy atom. The van der Waals surface area contributed by atoms with Gasteiger partial charge in [-0.05, 0) is 38.1 Å². The number of hydrogen-bond acceptors (Lipinski definition) is 3. The highest BCUT2D eigenvalue weighted by atomic mass is 15.5. The van der Waals surface area contributed by atoms with E-state index in [1.54, 1.807) is 0 Å². The van der Waals surface area contributed by atoms with Crippen LogP contribution in [-0.2, 0) is 0 Å². The number of benzene rings is 2. The number of hydrazone groups is 1. The van der Waals surface area contributed by atoms with Crippen LogP contribution in [0.25, 0.3) is 0 Å². The molecule has 0 saturated heterocycles. The van der Waals surface area contributed by atoms with Gasteiger partial charge in [0, 0.05) is 11.3 Å². The summed E-state index contributed by atoms with van der Waals surface area (Å²) in [6.07, 6.45) is 1.84. The molecule has 0 fully saturated rings. The Bertz CT molecular complexity index is 645. The first-order chi connectivity index (χ1) is 10.1. The van der Waals surface area contributed by atoms with Gasteiger partial charge in [0.05, 0.1) is 17.9 Å². The zero-order valence-corrected chi connectivity index (χ0v) is 12.6. The van der Waals surface area contributed by atoms with Crippen LogP contribution in [0, 0.1) is 6.92 Å². The van der Waals surface area contributed by atoms with Crippen LogP contribution < -0.4 is 10.7 Å². The summed E-state index contributed by atoms with van der Waals surface area (Å²) in [6.45, 7) is 8.47. The molecular formula is C18H21N3. The van der Waals surface area contributed by atoms with Gasteiger partial charge in [-0.25, -0.2) is 0 Å². The zero-order chi connectivity index (χ0) is 15.2. The average Bonchev–Trinajstić information content (AvgIpc) is 2.50. The SMILES string of the molecule is C=CCN(/N=C(\C)c1cc(C)ccc1N)c1ccccc1. The van der Waals surface area contributed by atoms with E-state index in [4.69, 9.17) is 10.8 Å². The van der Waals surface area contributed by atoms with Crippen molar-refractivity contribution in [1.82, 2.24) is 0 Å². The monoisotopic (exact) mass is 279 g/mol. The summed E-state index contributed by atoms with van der Waals surface area (Å²) in [4.78, 5) is 0. The van der Waals surface area contributed by atoms with Gasteiger partial charge in [-0.2, -0.15) is 5.10 Å². The Balaban J connectivity index is 2.38. The predicted octanol–water partition coefficient (Wildman–Crippen LogP) is 3.99. The van der Waals surface area contributed by atoms with E-state index in [0.717, 1.165) is 22.6 Å². The molecule has 0 bridgehead atoms. The Labute approximate surface area is 126 Å². The molecule has 0 spiro atoms. The lowest BCUT2D eigenvalue weighted by molar-refractivity contribution is 0.940. The number of nitrogens with two attached hydrogens (primary N) is 1. The normalized spacial score (nSPS) is 11.2. The Morgan fingerprint density at radius 3 is 2.62 bits per heavy atom. The van der Waals surface area contributed by atoms with Gasteiger partial charge in [-0.15, -0.1) is 6.58 Å². The number of para-hydroxylation sites is 1. The number of nitrogens with zero attached hydrogens (tertiary/aromatic N) is 2. The first-order valence-electron chi connectivity index (χ1n) is 6.97. The minimum atomic E-state index is 0.646. The summed E-state index contributed by atoms with van der Waals surface area (Å²) in [6, 6.07) is 16.0. The van der Waals surface area contributed by atoms with Gasteiger partial charge < -0.3 is 5.73 Å². The van der Waals surface area contributed by atoms with Gasteiger partial charge in [-0.3, -0.25) is 5.01 Å². The zero-order valence-electron chi connectivity index (χ0n) is 12.6. The first kappa shape index (κ1) is 14.9. The van der Waals surface area contributed by atoms with Crippen molar-refractivity contribution in [3.05, 3.63) is 72.3 Å². The Morgan fingerprint density at radius 1 is 1.24 bits per heavy atom. The highest BCUT2D eigenvalue weighted by Gasteiger charge is 2.07.